The van der Waals surface area contributed by atoms with Gasteiger partial charge in [-0.15, -0.1) is 11.3 Å². The molecule has 2 heterocycles. The van der Waals surface area contributed by atoms with E-state index in [0.29, 0.717) is 22.9 Å². The van der Waals surface area contributed by atoms with E-state index in [1.54, 1.807) is 37.4 Å². The third kappa shape index (κ3) is 3.63. The number of hydrogen-bond acceptors (Lipinski definition) is 5. The molecule has 2 aromatic rings. The molecule has 0 aliphatic carbocycles. The lowest BCUT2D eigenvalue weighted by molar-refractivity contribution is 0.566. The first kappa shape index (κ1) is 15.1. The van der Waals surface area contributed by atoms with Crippen LogP contribution in [-0.4, -0.2) is 19.9 Å². The highest BCUT2D eigenvalue weighted by molar-refractivity contribution is 7.91. The maximum atomic E-state index is 12.3. The van der Waals surface area contributed by atoms with Crippen molar-refractivity contribution in [3.05, 3.63) is 47.1 Å². The summed E-state index contributed by atoms with van der Waals surface area (Å²) in [5, 5.41) is 0. The van der Waals surface area contributed by atoms with E-state index in [9.17, 15) is 8.42 Å². The number of hydrogen-bond donors (Lipinski definition) is 2. The minimum absolute atomic E-state index is 0.309. The van der Waals surface area contributed by atoms with Gasteiger partial charge < -0.3 is 5.73 Å². The average molecular weight is 311 g/mol. The van der Waals surface area contributed by atoms with Crippen molar-refractivity contribution in [2.75, 3.05) is 6.54 Å². The molecule has 0 saturated heterocycles. The number of thiophene rings is 1. The molecule has 0 fully saturated rings. The maximum absolute atomic E-state index is 12.3. The Hall–Kier alpha value is -1.28. The van der Waals surface area contributed by atoms with Gasteiger partial charge in [0.05, 0.1) is 11.7 Å². The van der Waals surface area contributed by atoms with Crippen molar-refractivity contribution in [2.45, 2.75) is 23.6 Å². The molecule has 2 aromatic heterocycles. The lowest BCUT2D eigenvalue weighted by Crippen LogP contribution is -2.26. The Labute approximate surface area is 122 Å². The summed E-state index contributed by atoms with van der Waals surface area (Å²) in [6.45, 7) is 2.28. The molecule has 5 nitrogen and oxygen atoms in total. The number of aromatic nitrogens is 1. The highest BCUT2D eigenvalue weighted by Crippen LogP contribution is 2.23. The van der Waals surface area contributed by atoms with Gasteiger partial charge >= 0.3 is 0 Å². The van der Waals surface area contributed by atoms with Crippen molar-refractivity contribution in [2.24, 2.45) is 5.73 Å². The van der Waals surface area contributed by atoms with Crippen LogP contribution in [0.25, 0.3) is 0 Å². The maximum Gasteiger partial charge on any atom is 0.250 e. The molecule has 7 heteroatoms. The molecule has 0 aliphatic rings. The number of nitrogens with two attached hydrogens (primary N) is 1. The van der Waals surface area contributed by atoms with Crippen LogP contribution in [0.2, 0.25) is 0 Å². The van der Waals surface area contributed by atoms with Gasteiger partial charge in [0.2, 0.25) is 0 Å². The lowest BCUT2D eigenvalue weighted by atomic mass is 10.2. The number of nitrogens with one attached hydrogen (secondary N) is 1. The summed E-state index contributed by atoms with van der Waals surface area (Å²) in [6, 6.07) is 8.46. The summed E-state index contributed by atoms with van der Waals surface area (Å²) in [5.74, 6) is 0. The Bertz CT molecular complexity index is 653. The SMILES string of the molecule is CC(NS(=O)(=O)c1ccc(CCN)s1)c1ccccn1. The van der Waals surface area contributed by atoms with Crippen molar-refractivity contribution in [1.82, 2.24) is 9.71 Å². The summed E-state index contributed by atoms with van der Waals surface area (Å²) in [4.78, 5) is 5.12. The molecule has 2 rings (SSSR count). The van der Waals surface area contributed by atoms with Crippen molar-refractivity contribution in [3.8, 4) is 0 Å². The second kappa shape index (κ2) is 6.45. The van der Waals surface area contributed by atoms with Gasteiger partial charge in [-0.05, 0) is 44.2 Å². The average Bonchev–Trinajstić information content (AvgIpc) is 2.89. The van der Waals surface area contributed by atoms with E-state index >= 15 is 0 Å². The van der Waals surface area contributed by atoms with E-state index in [1.165, 1.54) is 11.3 Å². The molecule has 3 N–H and O–H groups in total. The predicted octanol–water partition coefficient (Wildman–Crippen LogP) is 1.68. The quantitative estimate of drug-likeness (QED) is 0.850. The first-order chi connectivity index (χ1) is 9.53. The Kier molecular flexibility index (Phi) is 4.87. The fourth-order valence-corrected chi connectivity index (χ4v) is 4.37. The number of rotatable bonds is 6. The van der Waals surface area contributed by atoms with Crippen LogP contribution in [0, 0.1) is 0 Å². The van der Waals surface area contributed by atoms with Gasteiger partial charge in [-0.2, -0.15) is 0 Å². The Morgan fingerprint density at radius 2 is 2.15 bits per heavy atom. The molecule has 0 aromatic carbocycles. The van der Waals surface area contributed by atoms with Crippen LogP contribution in [-0.2, 0) is 16.4 Å². The van der Waals surface area contributed by atoms with E-state index in [4.69, 9.17) is 5.73 Å². The van der Waals surface area contributed by atoms with Gasteiger partial charge in [0.1, 0.15) is 4.21 Å². The summed E-state index contributed by atoms with van der Waals surface area (Å²) >= 11 is 1.25. The molecule has 0 saturated carbocycles. The molecular weight excluding hydrogens is 294 g/mol. The second-order valence-electron chi connectivity index (χ2n) is 4.36. The minimum Gasteiger partial charge on any atom is -0.330 e. The predicted molar refractivity (Wildman–Crippen MR) is 80.1 cm³/mol. The minimum atomic E-state index is -3.52. The standard InChI is InChI=1S/C13H17N3O2S2/c1-10(12-4-2-3-9-15-12)16-20(17,18)13-6-5-11(19-13)7-8-14/h2-6,9-10,16H,7-8,14H2,1H3. The van der Waals surface area contributed by atoms with Gasteiger partial charge in [-0.3, -0.25) is 4.98 Å². The van der Waals surface area contributed by atoms with E-state index < -0.39 is 10.0 Å². The summed E-state index contributed by atoms with van der Waals surface area (Å²) in [5.41, 5.74) is 6.16. The molecule has 1 unspecified atom stereocenters. The van der Waals surface area contributed by atoms with Crippen LogP contribution in [0.15, 0.2) is 40.7 Å². The number of sulfonamides is 1. The number of nitrogens with zero attached hydrogens (tertiary/aromatic N) is 1. The highest BCUT2D eigenvalue weighted by Gasteiger charge is 2.20. The van der Waals surface area contributed by atoms with Gasteiger partial charge in [-0.1, -0.05) is 6.07 Å². The normalized spacial score (nSPS) is 13.3. The molecule has 0 amide bonds. The Morgan fingerprint density at radius 1 is 1.35 bits per heavy atom. The third-order valence-corrected chi connectivity index (χ3v) is 5.93. The van der Waals surface area contributed by atoms with E-state index in [-0.39, 0.29) is 6.04 Å². The Morgan fingerprint density at radius 3 is 2.80 bits per heavy atom. The smallest absolute Gasteiger partial charge is 0.250 e. The van der Waals surface area contributed by atoms with Gasteiger partial charge in [0, 0.05) is 11.1 Å². The molecule has 0 radical (unpaired) electrons. The zero-order valence-electron chi connectivity index (χ0n) is 11.1. The van der Waals surface area contributed by atoms with Crippen LogP contribution in [0.4, 0.5) is 0 Å². The lowest BCUT2D eigenvalue weighted by Gasteiger charge is -2.12. The fraction of sp³-hybridized carbons (Fsp3) is 0.308. The molecule has 0 aliphatic heterocycles. The van der Waals surface area contributed by atoms with Crippen LogP contribution >= 0.6 is 11.3 Å². The monoisotopic (exact) mass is 311 g/mol. The second-order valence-corrected chi connectivity index (χ2v) is 7.47. The van der Waals surface area contributed by atoms with Crippen molar-refractivity contribution >= 4 is 21.4 Å². The molecular formula is C13H17N3O2S2. The fourth-order valence-electron chi connectivity index (χ4n) is 1.76. The van der Waals surface area contributed by atoms with Gasteiger partial charge in [-0.25, -0.2) is 13.1 Å². The zero-order chi connectivity index (χ0) is 14.6. The van der Waals surface area contributed by atoms with Crippen molar-refractivity contribution in [3.63, 3.8) is 0 Å². The van der Waals surface area contributed by atoms with Crippen LogP contribution in [0.3, 0.4) is 0 Å². The molecule has 0 bridgehead atoms. The molecule has 0 spiro atoms. The number of pyridine rings is 1. The molecule has 1 atom stereocenters. The van der Waals surface area contributed by atoms with E-state index in [1.807, 2.05) is 6.07 Å². The van der Waals surface area contributed by atoms with Gasteiger partial charge in [0.15, 0.2) is 0 Å². The third-order valence-electron chi connectivity index (χ3n) is 2.76. The van der Waals surface area contributed by atoms with Gasteiger partial charge in [0.25, 0.3) is 10.0 Å². The van der Waals surface area contributed by atoms with Crippen LogP contribution < -0.4 is 10.5 Å². The molecule has 108 valence electrons. The summed E-state index contributed by atoms with van der Waals surface area (Å²) in [7, 11) is -3.52. The summed E-state index contributed by atoms with van der Waals surface area (Å²) in [6.07, 6.45) is 2.33. The Balaban J connectivity index is 2.14. The van der Waals surface area contributed by atoms with Crippen molar-refractivity contribution in [1.29, 1.82) is 0 Å². The van der Waals surface area contributed by atoms with Crippen molar-refractivity contribution < 1.29 is 8.42 Å². The van der Waals surface area contributed by atoms with Crippen LogP contribution in [0.5, 0.6) is 0 Å². The summed E-state index contributed by atoms with van der Waals surface area (Å²) < 4.78 is 27.5. The van der Waals surface area contributed by atoms with E-state index in [0.717, 1.165) is 4.88 Å². The highest BCUT2D eigenvalue weighted by atomic mass is 32.2. The first-order valence-electron chi connectivity index (χ1n) is 6.25. The largest absolute Gasteiger partial charge is 0.330 e. The van der Waals surface area contributed by atoms with Crippen LogP contribution in [0.1, 0.15) is 23.5 Å². The molecule has 20 heavy (non-hydrogen) atoms. The topological polar surface area (TPSA) is 85.1 Å². The zero-order valence-corrected chi connectivity index (χ0v) is 12.7. The first-order valence-corrected chi connectivity index (χ1v) is 8.55. The van der Waals surface area contributed by atoms with E-state index in [2.05, 4.69) is 9.71 Å².